The Hall–Kier alpha value is -2.30. The van der Waals surface area contributed by atoms with Gasteiger partial charge in [0, 0.05) is 32.4 Å². The molecule has 29 heavy (non-hydrogen) atoms. The second-order valence-corrected chi connectivity index (χ2v) is 9.14. The molecule has 0 spiro atoms. The number of cyclic esters (lactones) is 1. The zero-order chi connectivity index (χ0) is 22.1. The number of carbonyl (C=O) groups excluding carboxylic acids is 5. The Balaban J connectivity index is 2.45. The molecule has 10 nitrogen and oxygen atoms in total. The number of hydrogen-bond donors (Lipinski definition) is 0. The molecule has 0 unspecified atom stereocenters. The highest BCUT2D eigenvalue weighted by Gasteiger charge is 2.62. The molecule has 0 radical (unpaired) electrons. The fourth-order valence-corrected chi connectivity index (χ4v) is 5.23. The summed E-state index contributed by atoms with van der Waals surface area (Å²) in [4.78, 5) is 61.0. The lowest BCUT2D eigenvalue weighted by Gasteiger charge is -2.42. The quantitative estimate of drug-likeness (QED) is 0.431. The van der Waals surface area contributed by atoms with Gasteiger partial charge in [-0.3, -0.25) is 19.2 Å². The molecule has 2 heterocycles. The van der Waals surface area contributed by atoms with Crippen LogP contribution in [0.3, 0.4) is 0 Å². The van der Waals surface area contributed by atoms with Gasteiger partial charge in [0.05, 0.1) is 0 Å². The summed E-state index contributed by atoms with van der Waals surface area (Å²) in [6.07, 6.45) is -3.64. The second kappa shape index (κ2) is 8.60. The Bertz CT molecular complexity index is 722. The van der Waals surface area contributed by atoms with E-state index >= 15 is 0 Å². The Labute approximate surface area is 172 Å². The van der Waals surface area contributed by atoms with E-state index in [0.717, 1.165) is 13.8 Å². The normalized spacial score (nSPS) is 26.8. The summed E-state index contributed by atoms with van der Waals surface area (Å²) in [5, 5.41) is -0.676. The van der Waals surface area contributed by atoms with Gasteiger partial charge in [0.1, 0.15) is 18.0 Å². The molecule has 2 saturated heterocycles. The molecule has 162 valence electrons. The van der Waals surface area contributed by atoms with Crippen LogP contribution in [0.25, 0.3) is 0 Å². The van der Waals surface area contributed by atoms with E-state index in [0.29, 0.717) is 0 Å². The van der Waals surface area contributed by atoms with Gasteiger partial charge in [-0.25, -0.2) is 4.79 Å². The van der Waals surface area contributed by atoms with Crippen molar-refractivity contribution in [1.29, 1.82) is 0 Å². The number of carbonyl (C=O) groups is 5. The average molecular weight is 431 g/mol. The molecule has 2 rings (SSSR count). The lowest BCUT2D eigenvalue weighted by Crippen LogP contribution is -2.63. The van der Waals surface area contributed by atoms with Crippen molar-refractivity contribution in [2.75, 3.05) is 6.61 Å². The number of ether oxygens (including phenoxy) is 4. The van der Waals surface area contributed by atoms with Crippen molar-refractivity contribution in [3.05, 3.63) is 0 Å². The zero-order valence-electron chi connectivity index (χ0n) is 17.1. The number of amides is 1. The van der Waals surface area contributed by atoms with E-state index in [1.54, 1.807) is 0 Å². The number of hydrogen-bond acceptors (Lipinski definition) is 10. The first kappa shape index (κ1) is 23.0. The van der Waals surface area contributed by atoms with Crippen molar-refractivity contribution < 1.29 is 42.9 Å². The SMILES string of the molecule is CC(=O)OC[C@@H](OC(C)=O)[C@@H](OC(C)=O)[C@H]1OC(=O)[C@@H]2N(C(C)=O)[C@H]1SC2(C)C. The topological polar surface area (TPSA) is 126 Å². The summed E-state index contributed by atoms with van der Waals surface area (Å²) in [5.41, 5.74) is 0. The summed E-state index contributed by atoms with van der Waals surface area (Å²) in [7, 11) is 0. The lowest BCUT2D eigenvalue weighted by atomic mass is 9.97. The van der Waals surface area contributed by atoms with Crippen LogP contribution in [0.15, 0.2) is 0 Å². The van der Waals surface area contributed by atoms with E-state index < -0.39 is 65.0 Å². The third kappa shape index (κ3) is 5.01. The molecule has 11 heteroatoms. The van der Waals surface area contributed by atoms with Crippen LogP contribution in [0.5, 0.6) is 0 Å². The predicted octanol–water partition coefficient (Wildman–Crippen LogP) is 0.407. The van der Waals surface area contributed by atoms with Crippen LogP contribution in [-0.2, 0) is 42.9 Å². The van der Waals surface area contributed by atoms with Gasteiger partial charge in [-0.2, -0.15) is 0 Å². The first-order valence-electron chi connectivity index (χ1n) is 9.00. The van der Waals surface area contributed by atoms with Crippen molar-refractivity contribution in [2.45, 2.75) is 76.0 Å². The van der Waals surface area contributed by atoms with E-state index in [9.17, 15) is 24.0 Å². The highest BCUT2D eigenvalue weighted by Crippen LogP contribution is 2.50. The zero-order valence-corrected chi connectivity index (χ0v) is 17.9. The molecule has 0 aliphatic carbocycles. The third-order valence-corrected chi connectivity index (χ3v) is 6.08. The summed E-state index contributed by atoms with van der Waals surface area (Å²) in [6.45, 7) is 8.00. The maximum Gasteiger partial charge on any atom is 0.330 e. The molecule has 0 aromatic heterocycles. The number of rotatable bonds is 6. The highest BCUT2D eigenvalue weighted by atomic mass is 32.2. The fraction of sp³-hybridized carbons (Fsp3) is 0.722. The standard InChI is InChI=1S/C18H25NO9S/c1-8(20)19-15-17(24)28-14(16(19)29-18(15,5)6)13(27-11(4)23)12(26-10(3)22)7-25-9(2)21/h12-16H,7H2,1-6H3/t12-,13-,14-,15+,16+/m1/s1. The maximum absolute atomic E-state index is 12.7. The smallest absolute Gasteiger partial charge is 0.330 e. The van der Waals surface area contributed by atoms with Crippen LogP contribution in [0.2, 0.25) is 0 Å². The van der Waals surface area contributed by atoms with Crippen molar-refractivity contribution in [2.24, 2.45) is 0 Å². The summed E-state index contributed by atoms with van der Waals surface area (Å²) in [5.74, 6) is -3.05. The minimum Gasteiger partial charge on any atom is -0.462 e. The Morgan fingerprint density at radius 1 is 1.07 bits per heavy atom. The first-order valence-corrected chi connectivity index (χ1v) is 9.88. The van der Waals surface area contributed by atoms with Crippen LogP contribution in [-0.4, -0.2) is 75.8 Å². The van der Waals surface area contributed by atoms with Gasteiger partial charge < -0.3 is 23.8 Å². The molecule has 2 aliphatic heterocycles. The number of esters is 4. The van der Waals surface area contributed by atoms with Crippen molar-refractivity contribution >= 4 is 41.5 Å². The summed E-state index contributed by atoms with van der Waals surface area (Å²) >= 11 is 1.32. The molecule has 2 fully saturated rings. The Kier molecular flexibility index (Phi) is 6.82. The number of nitrogens with zero attached hydrogens (tertiary/aromatic N) is 1. The van der Waals surface area contributed by atoms with Gasteiger partial charge in [-0.1, -0.05) is 0 Å². The lowest BCUT2D eigenvalue weighted by molar-refractivity contribution is -0.203. The molecular formula is C18H25NO9S. The third-order valence-electron chi connectivity index (χ3n) is 4.52. The fourth-order valence-electron chi connectivity index (χ4n) is 3.54. The predicted molar refractivity (Wildman–Crippen MR) is 99.4 cm³/mol. The first-order chi connectivity index (χ1) is 13.3. The molecule has 0 aromatic carbocycles. The minimum absolute atomic E-state index is 0.342. The molecule has 0 N–H and O–H groups in total. The molecule has 5 atom stereocenters. The van der Waals surface area contributed by atoms with E-state index in [1.165, 1.54) is 30.5 Å². The minimum atomic E-state index is -1.28. The second-order valence-electron chi connectivity index (χ2n) is 7.37. The van der Waals surface area contributed by atoms with Crippen LogP contribution < -0.4 is 0 Å². The Morgan fingerprint density at radius 2 is 1.66 bits per heavy atom. The van der Waals surface area contributed by atoms with E-state index in [-0.39, 0.29) is 5.91 Å². The van der Waals surface area contributed by atoms with Crippen LogP contribution in [0, 0.1) is 0 Å². The van der Waals surface area contributed by atoms with Crippen LogP contribution in [0.1, 0.15) is 41.5 Å². The number of thioether (sulfide) groups is 1. The van der Waals surface area contributed by atoms with E-state index in [1.807, 2.05) is 13.8 Å². The van der Waals surface area contributed by atoms with Gasteiger partial charge in [0.25, 0.3) is 0 Å². The molecule has 2 bridgehead atoms. The molecular weight excluding hydrogens is 406 g/mol. The molecule has 2 aliphatic rings. The largest absolute Gasteiger partial charge is 0.462 e. The monoisotopic (exact) mass is 431 g/mol. The van der Waals surface area contributed by atoms with Crippen LogP contribution in [0.4, 0.5) is 0 Å². The molecule has 0 aromatic rings. The van der Waals surface area contributed by atoms with Crippen LogP contribution >= 0.6 is 11.8 Å². The van der Waals surface area contributed by atoms with Crippen molar-refractivity contribution in [3.63, 3.8) is 0 Å². The van der Waals surface area contributed by atoms with Crippen molar-refractivity contribution in [1.82, 2.24) is 4.90 Å². The van der Waals surface area contributed by atoms with Gasteiger partial charge in [-0.05, 0) is 13.8 Å². The molecule has 0 saturated carbocycles. The van der Waals surface area contributed by atoms with Crippen molar-refractivity contribution in [3.8, 4) is 0 Å². The summed E-state index contributed by atoms with van der Waals surface area (Å²) in [6, 6.07) is -0.801. The van der Waals surface area contributed by atoms with E-state index in [2.05, 4.69) is 0 Å². The van der Waals surface area contributed by atoms with Gasteiger partial charge in [-0.15, -0.1) is 11.8 Å². The maximum atomic E-state index is 12.7. The average Bonchev–Trinajstić information content (AvgIpc) is 2.80. The van der Waals surface area contributed by atoms with Gasteiger partial charge in [0.2, 0.25) is 5.91 Å². The van der Waals surface area contributed by atoms with Gasteiger partial charge >= 0.3 is 23.9 Å². The highest BCUT2D eigenvalue weighted by molar-refractivity contribution is 8.01. The number of morpholine rings is 1. The molecule has 1 amide bonds. The van der Waals surface area contributed by atoms with E-state index in [4.69, 9.17) is 18.9 Å². The summed E-state index contributed by atoms with van der Waals surface area (Å²) < 4.78 is 20.4. The van der Waals surface area contributed by atoms with Gasteiger partial charge in [0.15, 0.2) is 18.3 Å². The number of fused-ring (bicyclic) bond motifs is 2. The Morgan fingerprint density at radius 3 is 2.14 bits per heavy atom.